The number of fused-ring (bicyclic) bond motifs is 2. The van der Waals surface area contributed by atoms with E-state index in [1.54, 1.807) is 23.5 Å². The van der Waals surface area contributed by atoms with Crippen LogP contribution in [0.25, 0.3) is 0 Å². The molecule has 1 atom stereocenters. The summed E-state index contributed by atoms with van der Waals surface area (Å²) in [7, 11) is -1.64. The zero-order valence-corrected chi connectivity index (χ0v) is 18.8. The van der Waals surface area contributed by atoms with Gasteiger partial charge in [0.15, 0.2) is 11.5 Å². The fourth-order valence-electron chi connectivity index (χ4n) is 4.04. The smallest absolute Gasteiger partial charge is 0.243 e. The van der Waals surface area contributed by atoms with Gasteiger partial charge in [-0.1, -0.05) is 30.3 Å². The molecule has 30 heavy (non-hydrogen) atoms. The molecule has 0 saturated heterocycles. The molecule has 164 valence electrons. The second-order valence-electron chi connectivity index (χ2n) is 7.58. The Morgan fingerprint density at radius 3 is 2.73 bits per heavy atom. The molecule has 0 fully saturated rings. The minimum absolute atomic E-state index is 0. The van der Waals surface area contributed by atoms with E-state index in [4.69, 9.17) is 9.47 Å². The SMILES string of the molecule is COc1cccc2c1OC(CNCCCCN1Cc3ccccc3S1(=O)=O)CC2.Cl. The van der Waals surface area contributed by atoms with Gasteiger partial charge in [-0.2, -0.15) is 4.31 Å². The van der Waals surface area contributed by atoms with E-state index in [1.165, 1.54) is 5.56 Å². The molecule has 0 aromatic heterocycles. The summed E-state index contributed by atoms with van der Waals surface area (Å²) >= 11 is 0. The van der Waals surface area contributed by atoms with Crippen molar-refractivity contribution in [3.63, 3.8) is 0 Å². The van der Waals surface area contributed by atoms with Crippen LogP contribution < -0.4 is 14.8 Å². The van der Waals surface area contributed by atoms with E-state index >= 15 is 0 Å². The van der Waals surface area contributed by atoms with Crippen molar-refractivity contribution in [3.8, 4) is 11.5 Å². The first-order chi connectivity index (χ1) is 14.1. The van der Waals surface area contributed by atoms with Gasteiger partial charge in [0, 0.05) is 19.6 Å². The highest BCUT2D eigenvalue weighted by molar-refractivity contribution is 7.89. The van der Waals surface area contributed by atoms with Crippen LogP contribution in [-0.4, -0.2) is 45.6 Å². The van der Waals surface area contributed by atoms with E-state index in [2.05, 4.69) is 11.4 Å². The number of benzene rings is 2. The number of hydrogen-bond donors (Lipinski definition) is 1. The van der Waals surface area contributed by atoms with Crippen LogP contribution in [0.3, 0.4) is 0 Å². The maximum absolute atomic E-state index is 12.5. The lowest BCUT2D eigenvalue weighted by molar-refractivity contribution is 0.163. The van der Waals surface area contributed by atoms with Gasteiger partial charge in [0.1, 0.15) is 6.10 Å². The van der Waals surface area contributed by atoms with Crippen LogP contribution in [0.1, 0.15) is 30.4 Å². The van der Waals surface area contributed by atoms with E-state index < -0.39 is 10.0 Å². The van der Waals surface area contributed by atoms with Crippen molar-refractivity contribution in [2.24, 2.45) is 0 Å². The Morgan fingerprint density at radius 1 is 1.13 bits per heavy atom. The molecule has 2 heterocycles. The fraction of sp³-hybridized carbons (Fsp3) is 0.455. The Bertz CT molecular complexity index is 953. The zero-order chi connectivity index (χ0) is 20.3. The van der Waals surface area contributed by atoms with Crippen LogP contribution in [0.4, 0.5) is 0 Å². The normalized spacial score (nSPS) is 19.3. The van der Waals surface area contributed by atoms with Crippen molar-refractivity contribution in [2.75, 3.05) is 26.7 Å². The van der Waals surface area contributed by atoms with Crippen LogP contribution in [0.5, 0.6) is 11.5 Å². The maximum Gasteiger partial charge on any atom is 0.243 e. The lowest BCUT2D eigenvalue weighted by Gasteiger charge is -2.27. The first-order valence-electron chi connectivity index (χ1n) is 10.2. The van der Waals surface area contributed by atoms with Gasteiger partial charge < -0.3 is 14.8 Å². The van der Waals surface area contributed by atoms with Crippen LogP contribution in [-0.2, 0) is 23.0 Å². The molecule has 2 aliphatic heterocycles. The summed E-state index contributed by atoms with van der Waals surface area (Å²) in [4.78, 5) is 0.461. The second kappa shape index (κ2) is 10.0. The molecular formula is C22H29ClN2O4S. The predicted octanol–water partition coefficient (Wildman–Crippen LogP) is 3.38. The summed E-state index contributed by atoms with van der Waals surface area (Å²) in [5.74, 6) is 1.66. The van der Waals surface area contributed by atoms with E-state index in [1.807, 2.05) is 24.3 Å². The monoisotopic (exact) mass is 452 g/mol. The van der Waals surface area contributed by atoms with Crippen molar-refractivity contribution in [1.82, 2.24) is 9.62 Å². The van der Waals surface area contributed by atoms with Crippen molar-refractivity contribution in [3.05, 3.63) is 53.6 Å². The molecule has 0 spiro atoms. The predicted molar refractivity (Wildman–Crippen MR) is 119 cm³/mol. The van der Waals surface area contributed by atoms with Gasteiger partial charge >= 0.3 is 0 Å². The molecule has 0 amide bonds. The average molecular weight is 453 g/mol. The van der Waals surface area contributed by atoms with Crippen LogP contribution in [0.2, 0.25) is 0 Å². The number of aryl methyl sites for hydroxylation is 1. The van der Waals surface area contributed by atoms with E-state index in [0.717, 1.165) is 55.8 Å². The van der Waals surface area contributed by atoms with Gasteiger partial charge in [0.05, 0.1) is 12.0 Å². The Kier molecular flexibility index (Phi) is 7.63. The fourth-order valence-corrected chi connectivity index (χ4v) is 5.71. The molecule has 0 aliphatic carbocycles. The number of rotatable bonds is 8. The van der Waals surface area contributed by atoms with Crippen LogP contribution in [0.15, 0.2) is 47.4 Å². The van der Waals surface area contributed by atoms with Gasteiger partial charge in [-0.05, 0) is 55.5 Å². The summed E-state index contributed by atoms with van der Waals surface area (Å²) in [6.07, 6.45) is 3.87. The minimum Gasteiger partial charge on any atom is -0.493 e. The number of para-hydroxylation sites is 1. The summed E-state index contributed by atoms with van der Waals surface area (Å²) in [5.41, 5.74) is 2.10. The van der Waals surface area contributed by atoms with E-state index in [-0.39, 0.29) is 18.5 Å². The van der Waals surface area contributed by atoms with Gasteiger partial charge in [0.25, 0.3) is 0 Å². The number of unbranched alkanes of at least 4 members (excludes halogenated alkanes) is 1. The number of nitrogens with zero attached hydrogens (tertiary/aromatic N) is 1. The molecule has 2 aliphatic rings. The summed E-state index contributed by atoms with van der Waals surface area (Å²) in [6.45, 7) is 2.68. The third-order valence-electron chi connectivity index (χ3n) is 5.62. The Morgan fingerprint density at radius 2 is 1.93 bits per heavy atom. The van der Waals surface area contributed by atoms with Crippen LogP contribution in [0, 0.1) is 0 Å². The number of nitrogens with one attached hydrogen (secondary N) is 1. The van der Waals surface area contributed by atoms with Crippen molar-refractivity contribution in [1.29, 1.82) is 0 Å². The number of sulfonamides is 1. The first-order valence-corrected chi connectivity index (χ1v) is 11.6. The average Bonchev–Trinajstić information content (AvgIpc) is 3.00. The third-order valence-corrected chi connectivity index (χ3v) is 7.57. The van der Waals surface area contributed by atoms with E-state index in [0.29, 0.717) is 18.0 Å². The largest absolute Gasteiger partial charge is 0.493 e. The van der Waals surface area contributed by atoms with Crippen LogP contribution >= 0.6 is 12.4 Å². The first kappa shape index (κ1) is 22.9. The lowest BCUT2D eigenvalue weighted by atomic mass is 10.0. The molecule has 0 saturated carbocycles. The molecule has 1 N–H and O–H groups in total. The Balaban J connectivity index is 0.00000256. The highest BCUT2D eigenvalue weighted by Gasteiger charge is 2.33. The highest BCUT2D eigenvalue weighted by atomic mass is 35.5. The third kappa shape index (κ3) is 4.75. The minimum atomic E-state index is -3.31. The molecule has 8 heteroatoms. The summed E-state index contributed by atoms with van der Waals surface area (Å²) < 4.78 is 38.2. The number of halogens is 1. The zero-order valence-electron chi connectivity index (χ0n) is 17.2. The molecule has 0 bridgehead atoms. The molecule has 2 aromatic carbocycles. The maximum atomic E-state index is 12.5. The molecule has 0 radical (unpaired) electrons. The highest BCUT2D eigenvalue weighted by Crippen LogP contribution is 2.36. The molecule has 4 rings (SSSR count). The lowest BCUT2D eigenvalue weighted by Crippen LogP contribution is -2.35. The van der Waals surface area contributed by atoms with Gasteiger partial charge in [0.2, 0.25) is 10.0 Å². The van der Waals surface area contributed by atoms with Crippen molar-refractivity contribution < 1.29 is 17.9 Å². The van der Waals surface area contributed by atoms with Crippen molar-refractivity contribution in [2.45, 2.75) is 43.2 Å². The number of ether oxygens (including phenoxy) is 2. The van der Waals surface area contributed by atoms with Gasteiger partial charge in [-0.15, -0.1) is 12.4 Å². The molecule has 6 nitrogen and oxygen atoms in total. The molecule has 1 unspecified atom stereocenters. The standard InChI is InChI=1S/C22H28N2O4S.ClH/c1-27-20-9-6-8-17-11-12-19(28-22(17)20)15-23-13-4-5-14-24-16-18-7-2-3-10-21(18)29(24,25)26;/h2-3,6-10,19,23H,4-5,11-16H2,1H3;1H. The van der Waals surface area contributed by atoms with Gasteiger partial charge in [-0.3, -0.25) is 0 Å². The topological polar surface area (TPSA) is 67.9 Å². The number of hydrogen-bond acceptors (Lipinski definition) is 5. The molecule has 2 aromatic rings. The summed E-state index contributed by atoms with van der Waals surface area (Å²) in [6, 6.07) is 13.3. The number of methoxy groups -OCH3 is 1. The van der Waals surface area contributed by atoms with Crippen molar-refractivity contribution >= 4 is 22.4 Å². The van der Waals surface area contributed by atoms with E-state index in [9.17, 15) is 8.42 Å². The summed E-state index contributed by atoms with van der Waals surface area (Å²) in [5, 5.41) is 3.45. The second-order valence-corrected chi connectivity index (χ2v) is 9.49. The Hall–Kier alpha value is -1.80. The molecular weight excluding hydrogens is 424 g/mol. The van der Waals surface area contributed by atoms with Gasteiger partial charge in [-0.25, -0.2) is 8.42 Å². The Labute approximate surface area is 185 Å². The quantitative estimate of drug-likeness (QED) is 0.622.